The number of aliphatic hydroxyl groups is 1. The number of benzene rings is 1. The van der Waals surface area contributed by atoms with E-state index in [0.717, 1.165) is 22.3 Å². The number of aliphatic hydroxyl groups excluding tert-OH is 1. The van der Waals surface area contributed by atoms with Gasteiger partial charge in [0.05, 0.1) is 12.6 Å². The Bertz CT molecular complexity index is 474. The normalized spacial score (nSPS) is 10.9. The Morgan fingerprint density at radius 2 is 2.20 bits per heavy atom. The number of hydrogen-bond acceptors (Lipinski definition) is 2. The van der Waals surface area contributed by atoms with Crippen LogP contribution in [-0.2, 0) is 13.5 Å². The van der Waals surface area contributed by atoms with Gasteiger partial charge in [-0.15, -0.1) is 0 Å². The molecule has 3 heteroatoms. The van der Waals surface area contributed by atoms with Crippen LogP contribution in [0.4, 0.5) is 0 Å². The molecule has 0 aliphatic rings. The predicted molar refractivity (Wildman–Crippen MR) is 60.3 cm³/mol. The summed E-state index contributed by atoms with van der Waals surface area (Å²) >= 11 is 0. The molecule has 15 heavy (non-hydrogen) atoms. The Morgan fingerprint density at radius 1 is 1.40 bits per heavy atom. The van der Waals surface area contributed by atoms with E-state index < -0.39 is 0 Å². The second-order valence-electron chi connectivity index (χ2n) is 3.57. The Labute approximate surface area is 88.9 Å². The summed E-state index contributed by atoms with van der Waals surface area (Å²) in [5.74, 6) is 0.874. The van der Waals surface area contributed by atoms with E-state index >= 15 is 0 Å². The molecular formula is C12H15NO2. The van der Waals surface area contributed by atoms with Crippen molar-refractivity contribution in [1.82, 2.24) is 4.57 Å². The minimum atomic E-state index is 0.173. The van der Waals surface area contributed by atoms with Gasteiger partial charge >= 0.3 is 0 Å². The van der Waals surface area contributed by atoms with E-state index in [9.17, 15) is 0 Å². The van der Waals surface area contributed by atoms with Gasteiger partial charge in [0.15, 0.2) is 0 Å². The van der Waals surface area contributed by atoms with Gasteiger partial charge in [0.1, 0.15) is 5.75 Å². The van der Waals surface area contributed by atoms with Crippen LogP contribution in [0.3, 0.4) is 0 Å². The fourth-order valence-corrected chi connectivity index (χ4v) is 1.95. The number of para-hydroxylation sites is 1. The molecule has 0 unspecified atom stereocenters. The van der Waals surface area contributed by atoms with Gasteiger partial charge in [-0.2, -0.15) is 0 Å². The molecule has 80 valence electrons. The molecule has 3 nitrogen and oxygen atoms in total. The second-order valence-corrected chi connectivity index (χ2v) is 3.57. The van der Waals surface area contributed by atoms with E-state index in [4.69, 9.17) is 9.84 Å². The number of ether oxygens (including phenoxy) is 1. The Balaban J connectivity index is 2.65. The first-order valence-electron chi connectivity index (χ1n) is 5.00. The molecule has 2 aromatic rings. The summed E-state index contributed by atoms with van der Waals surface area (Å²) in [7, 11) is 3.67. The molecule has 0 aliphatic heterocycles. The molecule has 0 saturated heterocycles. The van der Waals surface area contributed by atoms with E-state index in [0.29, 0.717) is 6.42 Å². The van der Waals surface area contributed by atoms with E-state index in [1.165, 1.54) is 0 Å². The van der Waals surface area contributed by atoms with Gasteiger partial charge in [-0.1, -0.05) is 12.1 Å². The van der Waals surface area contributed by atoms with Crippen molar-refractivity contribution in [3.63, 3.8) is 0 Å². The third-order valence-corrected chi connectivity index (χ3v) is 2.71. The summed E-state index contributed by atoms with van der Waals surface area (Å²) in [4.78, 5) is 0. The predicted octanol–water partition coefficient (Wildman–Crippen LogP) is 1.72. The van der Waals surface area contributed by atoms with E-state index in [-0.39, 0.29) is 6.61 Å². The Morgan fingerprint density at radius 3 is 2.87 bits per heavy atom. The van der Waals surface area contributed by atoms with Crippen LogP contribution in [0.1, 0.15) is 5.69 Å². The SMILES string of the molecule is COc1cccc2cc(CCO)n(C)c12. The maximum absolute atomic E-state index is 8.95. The van der Waals surface area contributed by atoms with Crippen molar-refractivity contribution >= 4 is 10.9 Å². The van der Waals surface area contributed by atoms with Crippen molar-refractivity contribution in [2.24, 2.45) is 7.05 Å². The molecule has 2 rings (SSSR count). The van der Waals surface area contributed by atoms with Gasteiger partial charge in [-0.3, -0.25) is 0 Å². The highest BCUT2D eigenvalue weighted by Gasteiger charge is 2.09. The summed E-state index contributed by atoms with van der Waals surface area (Å²) in [6, 6.07) is 8.07. The molecule has 1 aromatic heterocycles. The topological polar surface area (TPSA) is 34.4 Å². The van der Waals surface area contributed by atoms with Crippen molar-refractivity contribution < 1.29 is 9.84 Å². The van der Waals surface area contributed by atoms with Gasteiger partial charge in [-0.05, 0) is 12.1 Å². The zero-order chi connectivity index (χ0) is 10.8. The van der Waals surface area contributed by atoms with Crippen molar-refractivity contribution in [2.45, 2.75) is 6.42 Å². The fourth-order valence-electron chi connectivity index (χ4n) is 1.95. The van der Waals surface area contributed by atoms with Crippen LogP contribution >= 0.6 is 0 Å². The molecule has 1 N–H and O–H groups in total. The molecule has 1 aromatic carbocycles. The van der Waals surface area contributed by atoms with E-state index in [1.54, 1.807) is 7.11 Å². The van der Waals surface area contributed by atoms with Crippen LogP contribution < -0.4 is 4.74 Å². The Kier molecular flexibility index (Phi) is 2.64. The lowest BCUT2D eigenvalue weighted by Gasteiger charge is -2.06. The second kappa shape index (κ2) is 3.95. The highest BCUT2D eigenvalue weighted by molar-refractivity contribution is 5.86. The summed E-state index contributed by atoms with van der Waals surface area (Å²) in [5, 5.41) is 10.1. The third kappa shape index (κ3) is 1.59. The van der Waals surface area contributed by atoms with Crippen LogP contribution in [0, 0.1) is 0 Å². The standard InChI is InChI=1S/C12H15NO2/c1-13-10(6-7-14)8-9-4-3-5-11(15-2)12(9)13/h3-5,8,14H,6-7H2,1-2H3. The molecule has 0 spiro atoms. The van der Waals surface area contributed by atoms with Crippen molar-refractivity contribution in [2.75, 3.05) is 13.7 Å². The van der Waals surface area contributed by atoms with Crippen molar-refractivity contribution in [3.8, 4) is 5.75 Å². The smallest absolute Gasteiger partial charge is 0.143 e. The van der Waals surface area contributed by atoms with Gasteiger partial charge in [0.25, 0.3) is 0 Å². The largest absolute Gasteiger partial charge is 0.495 e. The molecule has 0 radical (unpaired) electrons. The molecule has 0 amide bonds. The number of nitrogens with zero attached hydrogens (tertiary/aromatic N) is 1. The van der Waals surface area contributed by atoms with E-state index in [1.807, 2.05) is 19.2 Å². The van der Waals surface area contributed by atoms with Crippen molar-refractivity contribution in [1.29, 1.82) is 0 Å². The number of methoxy groups -OCH3 is 1. The number of hydrogen-bond donors (Lipinski definition) is 1. The number of aryl methyl sites for hydroxylation is 1. The fraction of sp³-hybridized carbons (Fsp3) is 0.333. The van der Waals surface area contributed by atoms with Crippen LogP contribution in [0.15, 0.2) is 24.3 Å². The molecule has 1 heterocycles. The van der Waals surface area contributed by atoms with Gasteiger partial charge in [0, 0.05) is 31.2 Å². The maximum atomic E-state index is 8.95. The van der Waals surface area contributed by atoms with Gasteiger partial charge in [-0.25, -0.2) is 0 Å². The first-order valence-corrected chi connectivity index (χ1v) is 5.00. The first-order chi connectivity index (χ1) is 7.27. The highest BCUT2D eigenvalue weighted by atomic mass is 16.5. The summed E-state index contributed by atoms with van der Waals surface area (Å²) in [6.07, 6.45) is 0.675. The van der Waals surface area contributed by atoms with Gasteiger partial charge in [0.2, 0.25) is 0 Å². The average molecular weight is 205 g/mol. The molecule has 0 bridgehead atoms. The minimum absolute atomic E-state index is 0.173. The molecule has 0 atom stereocenters. The monoisotopic (exact) mass is 205 g/mol. The molecule has 0 aliphatic carbocycles. The zero-order valence-electron chi connectivity index (χ0n) is 9.03. The quantitative estimate of drug-likeness (QED) is 0.828. The highest BCUT2D eigenvalue weighted by Crippen LogP contribution is 2.27. The average Bonchev–Trinajstić information content (AvgIpc) is 2.57. The van der Waals surface area contributed by atoms with Crippen LogP contribution in [0.25, 0.3) is 10.9 Å². The van der Waals surface area contributed by atoms with Crippen LogP contribution in [0.2, 0.25) is 0 Å². The molecule has 0 fully saturated rings. The minimum Gasteiger partial charge on any atom is -0.495 e. The lowest BCUT2D eigenvalue weighted by atomic mass is 10.2. The first kappa shape index (κ1) is 10.1. The summed E-state index contributed by atoms with van der Waals surface area (Å²) in [6.45, 7) is 0.173. The number of fused-ring (bicyclic) bond motifs is 1. The lowest BCUT2D eigenvalue weighted by Crippen LogP contribution is -1.99. The molecular weight excluding hydrogens is 190 g/mol. The summed E-state index contributed by atoms with van der Waals surface area (Å²) < 4.78 is 7.39. The Hall–Kier alpha value is -1.48. The maximum Gasteiger partial charge on any atom is 0.143 e. The summed E-state index contributed by atoms with van der Waals surface area (Å²) in [5.41, 5.74) is 2.21. The van der Waals surface area contributed by atoms with Gasteiger partial charge < -0.3 is 14.4 Å². The molecule has 0 saturated carbocycles. The number of aromatic nitrogens is 1. The lowest BCUT2D eigenvalue weighted by molar-refractivity contribution is 0.297. The van der Waals surface area contributed by atoms with E-state index in [2.05, 4.69) is 16.7 Å². The van der Waals surface area contributed by atoms with Crippen LogP contribution in [-0.4, -0.2) is 23.4 Å². The number of rotatable bonds is 3. The van der Waals surface area contributed by atoms with Crippen LogP contribution in [0.5, 0.6) is 5.75 Å². The zero-order valence-corrected chi connectivity index (χ0v) is 9.03. The van der Waals surface area contributed by atoms with Crippen molar-refractivity contribution in [3.05, 3.63) is 30.0 Å². The third-order valence-electron chi connectivity index (χ3n) is 2.71.